The Balaban J connectivity index is 1.96. The average molecular weight is 209 g/mol. The molecule has 3 heteroatoms. The Labute approximate surface area is 88.6 Å². The Kier molecular flexibility index (Phi) is 1.76. The fourth-order valence-electron chi connectivity index (χ4n) is 2.53. The van der Waals surface area contributed by atoms with E-state index in [0.717, 1.165) is 24.5 Å². The van der Waals surface area contributed by atoms with Crippen molar-refractivity contribution >= 4 is 17.3 Å². The summed E-state index contributed by atoms with van der Waals surface area (Å²) in [4.78, 5) is 0. The number of halogens is 1. The van der Waals surface area contributed by atoms with Gasteiger partial charge in [0, 0.05) is 17.3 Å². The van der Waals surface area contributed by atoms with Crippen LogP contribution in [0.5, 0.6) is 0 Å². The second-order valence-electron chi connectivity index (χ2n) is 4.31. The lowest BCUT2D eigenvalue weighted by Gasteiger charge is -2.22. The summed E-state index contributed by atoms with van der Waals surface area (Å²) in [5, 5.41) is 7.87. The lowest BCUT2D eigenvalue weighted by atomic mass is 9.95. The normalized spacial score (nSPS) is 29.2. The quantitative estimate of drug-likeness (QED) is 0.682. The van der Waals surface area contributed by atoms with Crippen LogP contribution in [0.1, 0.15) is 12.0 Å². The van der Waals surface area contributed by atoms with Crippen molar-refractivity contribution in [2.75, 3.05) is 18.4 Å². The van der Waals surface area contributed by atoms with Gasteiger partial charge in [0.05, 0.1) is 5.54 Å². The molecule has 1 saturated heterocycles. The van der Waals surface area contributed by atoms with E-state index in [1.165, 1.54) is 17.7 Å². The van der Waals surface area contributed by atoms with Gasteiger partial charge in [-0.3, -0.25) is 0 Å². The molecule has 0 aromatic heterocycles. The summed E-state index contributed by atoms with van der Waals surface area (Å²) in [5.41, 5.74) is 2.90. The molecular formula is C11H13ClN2. The largest absolute Gasteiger partial charge is 0.378 e. The van der Waals surface area contributed by atoms with Gasteiger partial charge in [-0.2, -0.15) is 0 Å². The summed E-state index contributed by atoms with van der Waals surface area (Å²) in [6, 6.07) is 6.12. The Hall–Kier alpha value is -0.730. The highest BCUT2D eigenvalue weighted by Gasteiger charge is 2.38. The molecule has 2 aliphatic rings. The lowest BCUT2D eigenvalue weighted by Crippen LogP contribution is -2.38. The number of rotatable bonds is 0. The van der Waals surface area contributed by atoms with E-state index < -0.39 is 0 Å². The minimum absolute atomic E-state index is 0.271. The predicted octanol–water partition coefficient (Wildman–Crippen LogP) is 2.04. The van der Waals surface area contributed by atoms with Crippen molar-refractivity contribution in [2.24, 2.45) is 0 Å². The van der Waals surface area contributed by atoms with Crippen molar-refractivity contribution < 1.29 is 0 Å². The number of anilines is 1. The summed E-state index contributed by atoms with van der Waals surface area (Å²) in [5.74, 6) is 0. The zero-order chi connectivity index (χ0) is 9.60. The lowest BCUT2D eigenvalue weighted by molar-refractivity contribution is 0.533. The molecule has 1 unspecified atom stereocenters. The molecule has 0 bridgehead atoms. The highest BCUT2D eigenvalue weighted by molar-refractivity contribution is 6.30. The van der Waals surface area contributed by atoms with E-state index in [1.807, 2.05) is 6.07 Å². The minimum Gasteiger partial charge on any atom is -0.378 e. The van der Waals surface area contributed by atoms with E-state index in [9.17, 15) is 0 Å². The van der Waals surface area contributed by atoms with Gasteiger partial charge in [0.25, 0.3) is 0 Å². The summed E-state index contributed by atoms with van der Waals surface area (Å²) in [6.45, 7) is 2.19. The molecule has 14 heavy (non-hydrogen) atoms. The van der Waals surface area contributed by atoms with Crippen molar-refractivity contribution in [3.8, 4) is 0 Å². The van der Waals surface area contributed by atoms with Crippen LogP contribution >= 0.6 is 11.6 Å². The number of nitrogens with one attached hydrogen (secondary N) is 2. The van der Waals surface area contributed by atoms with Crippen LogP contribution in [0.2, 0.25) is 5.02 Å². The molecule has 1 aromatic rings. The Morgan fingerprint density at radius 1 is 1.36 bits per heavy atom. The van der Waals surface area contributed by atoms with Crippen LogP contribution in [0.4, 0.5) is 5.69 Å². The first kappa shape index (κ1) is 8.57. The van der Waals surface area contributed by atoms with Crippen LogP contribution in [-0.4, -0.2) is 18.6 Å². The van der Waals surface area contributed by atoms with Crippen molar-refractivity contribution in [1.82, 2.24) is 5.32 Å². The Morgan fingerprint density at radius 2 is 2.29 bits per heavy atom. The van der Waals surface area contributed by atoms with Crippen molar-refractivity contribution in [3.63, 3.8) is 0 Å². The molecule has 1 atom stereocenters. The fraction of sp³-hybridized carbons (Fsp3) is 0.455. The van der Waals surface area contributed by atoms with E-state index in [2.05, 4.69) is 22.8 Å². The van der Waals surface area contributed by atoms with E-state index in [1.54, 1.807) is 0 Å². The molecule has 1 aromatic carbocycles. The first-order chi connectivity index (χ1) is 6.77. The van der Waals surface area contributed by atoms with Gasteiger partial charge >= 0.3 is 0 Å². The molecule has 2 nitrogen and oxygen atoms in total. The third kappa shape index (κ3) is 1.22. The number of hydrogen-bond acceptors (Lipinski definition) is 2. The summed E-state index contributed by atoms with van der Waals surface area (Å²) in [7, 11) is 0. The maximum atomic E-state index is 5.98. The Bertz CT molecular complexity index is 370. The number of benzene rings is 1. The van der Waals surface area contributed by atoms with Crippen LogP contribution in [0.15, 0.2) is 18.2 Å². The van der Waals surface area contributed by atoms with Crippen molar-refractivity contribution in [3.05, 3.63) is 28.8 Å². The SMILES string of the molecule is Clc1ccc2c(c1)CC1(CCNC1)N2. The van der Waals surface area contributed by atoms with Gasteiger partial charge in [-0.1, -0.05) is 11.6 Å². The van der Waals surface area contributed by atoms with Crippen LogP contribution in [0.25, 0.3) is 0 Å². The predicted molar refractivity (Wildman–Crippen MR) is 59.0 cm³/mol. The van der Waals surface area contributed by atoms with Gasteiger partial charge in [-0.25, -0.2) is 0 Å². The van der Waals surface area contributed by atoms with Gasteiger partial charge in [0.15, 0.2) is 0 Å². The third-order valence-electron chi connectivity index (χ3n) is 3.24. The van der Waals surface area contributed by atoms with Gasteiger partial charge < -0.3 is 10.6 Å². The number of fused-ring (bicyclic) bond motifs is 1. The van der Waals surface area contributed by atoms with Crippen LogP contribution in [0, 0.1) is 0 Å². The van der Waals surface area contributed by atoms with Crippen LogP contribution in [-0.2, 0) is 6.42 Å². The molecule has 0 aliphatic carbocycles. The van der Waals surface area contributed by atoms with Crippen molar-refractivity contribution in [1.29, 1.82) is 0 Å². The molecular weight excluding hydrogens is 196 g/mol. The molecule has 2 heterocycles. The van der Waals surface area contributed by atoms with Gasteiger partial charge in [0.1, 0.15) is 0 Å². The second kappa shape index (κ2) is 2.88. The van der Waals surface area contributed by atoms with E-state index in [4.69, 9.17) is 11.6 Å². The molecule has 2 aliphatic heterocycles. The smallest absolute Gasteiger partial charge is 0.0551 e. The van der Waals surface area contributed by atoms with Crippen LogP contribution < -0.4 is 10.6 Å². The maximum Gasteiger partial charge on any atom is 0.0551 e. The van der Waals surface area contributed by atoms with E-state index >= 15 is 0 Å². The highest BCUT2D eigenvalue weighted by Crippen LogP contribution is 2.37. The molecule has 1 fully saturated rings. The zero-order valence-electron chi connectivity index (χ0n) is 7.94. The van der Waals surface area contributed by atoms with E-state index in [0.29, 0.717) is 0 Å². The molecule has 0 saturated carbocycles. The van der Waals surface area contributed by atoms with Gasteiger partial charge in [0.2, 0.25) is 0 Å². The first-order valence-corrected chi connectivity index (χ1v) is 5.43. The fourth-order valence-corrected chi connectivity index (χ4v) is 2.72. The average Bonchev–Trinajstić information content (AvgIpc) is 2.72. The molecule has 3 rings (SSSR count). The standard InChI is InChI=1S/C11H13ClN2/c12-9-1-2-10-8(5-9)6-11(14-10)3-4-13-7-11/h1-2,5,13-14H,3-4,6-7H2. The van der Waals surface area contributed by atoms with Gasteiger partial charge in [-0.05, 0) is 43.1 Å². The third-order valence-corrected chi connectivity index (χ3v) is 3.47. The highest BCUT2D eigenvalue weighted by atomic mass is 35.5. The minimum atomic E-state index is 0.271. The number of hydrogen-bond donors (Lipinski definition) is 2. The molecule has 1 spiro atoms. The second-order valence-corrected chi connectivity index (χ2v) is 4.75. The molecule has 0 radical (unpaired) electrons. The zero-order valence-corrected chi connectivity index (χ0v) is 8.69. The van der Waals surface area contributed by atoms with Gasteiger partial charge in [-0.15, -0.1) is 0 Å². The summed E-state index contributed by atoms with van der Waals surface area (Å²) >= 11 is 5.98. The van der Waals surface area contributed by atoms with E-state index in [-0.39, 0.29) is 5.54 Å². The molecule has 74 valence electrons. The maximum absolute atomic E-state index is 5.98. The molecule has 0 amide bonds. The van der Waals surface area contributed by atoms with Crippen molar-refractivity contribution in [2.45, 2.75) is 18.4 Å². The first-order valence-electron chi connectivity index (χ1n) is 5.05. The summed E-state index contributed by atoms with van der Waals surface area (Å²) < 4.78 is 0. The molecule has 2 N–H and O–H groups in total. The van der Waals surface area contributed by atoms with Crippen LogP contribution in [0.3, 0.4) is 0 Å². The summed E-state index contributed by atoms with van der Waals surface area (Å²) in [6.07, 6.45) is 2.31. The monoisotopic (exact) mass is 208 g/mol. The topological polar surface area (TPSA) is 24.1 Å². The Morgan fingerprint density at radius 3 is 3.07 bits per heavy atom.